The fourth-order valence-corrected chi connectivity index (χ4v) is 5.02. The van der Waals surface area contributed by atoms with Crippen molar-refractivity contribution in [1.82, 2.24) is 4.72 Å². The smallest absolute Gasteiger partial charge is 0.241 e. The van der Waals surface area contributed by atoms with Crippen molar-refractivity contribution >= 4 is 26.0 Å². The number of sulfonamides is 1. The van der Waals surface area contributed by atoms with Gasteiger partial charge in [0.05, 0.1) is 11.5 Å². The molecule has 0 heterocycles. The van der Waals surface area contributed by atoms with Crippen molar-refractivity contribution in [2.75, 3.05) is 0 Å². The van der Waals surface area contributed by atoms with Crippen molar-refractivity contribution in [2.24, 2.45) is 0 Å². The first-order valence-electron chi connectivity index (χ1n) is 7.36. The lowest BCUT2D eigenvalue weighted by Crippen LogP contribution is -2.34. The molecule has 0 unspecified atom stereocenters. The van der Waals surface area contributed by atoms with E-state index in [1.165, 1.54) is 12.8 Å². The first-order valence-corrected chi connectivity index (χ1v) is 9.64. The molecule has 1 fully saturated rings. The maximum Gasteiger partial charge on any atom is 0.241 e. The van der Waals surface area contributed by atoms with Crippen molar-refractivity contribution in [3.63, 3.8) is 0 Å². The Labute approximate surface area is 135 Å². The molecule has 0 bridgehead atoms. The molecule has 0 atom stereocenters. The van der Waals surface area contributed by atoms with Crippen LogP contribution in [0.3, 0.4) is 0 Å². The molecule has 2 rings (SSSR count). The normalized spacial score (nSPS) is 17.7. The van der Waals surface area contributed by atoms with E-state index in [0.29, 0.717) is 15.6 Å². The van der Waals surface area contributed by atoms with Crippen molar-refractivity contribution in [3.05, 3.63) is 27.7 Å². The van der Waals surface area contributed by atoms with Crippen LogP contribution in [-0.2, 0) is 16.6 Å². The zero-order chi connectivity index (χ0) is 15.5. The molecule has 1 saturated carbocycles. The quantitative estimate of drug-likeness (QED) is 0.793. The summed E-state index contributed by atoms with van der Waals surface area (Å²) >= 11 is 3.36. The van der Waals surface area contributed by atoms with E-state index in [-0.39, 0.29) is 17.5 Å². The number of hydrogen-bond acceptors (Lipinski definition) is 3. The van der Waals surface area contributed by atoms with Gasteiger partial charge in [-0.1, -0.05) is 41.6 Å². The van der Waals surface area contributed by atoms with Crippen LogP contribution in [0.4, 0.5) is 0 Å². The molecular weight excluding hydrogens is 354 g/mol. The number of benzene rings is 1. The van der Waals surface area contributed by atoms with Crippen LogP contribution in [0, 0.1) is 6.92 Å². The van der Waals surface area contributed by atoms with Gasteiger partial charge in [-0.05, 0) is 43.0 Å². The van der Waals surface area contributed by atoms with Crippen LogP contribution in [0.2, 0.25) is 0 Å². The van der Waals surface area contributed by atoms with E-state index in [1.54, 1.807) is 19.1 Å². The van der Waals surface area contributed by atoms with Gasteiger partial charge < -0.3 is 5.11 Å². The maximum absolute atomic E-state index is 12.6. The van der Waals surface area contributed by atoms with Crippen molar-refractivity contribution in [2.45, 2.75) is 63.0 Å². The van der Waals surface area contributed by atoms with Crippen molar-refractivity contribution in [3.8, 4) is 0 Å². The first kappa shape index (κ1) is 16.9. The first-order chi connectivity index (χ1) is 9.94. The molecule has 118 valence electrons. The van der Waals surface area contributed by atoms with E-state index in [0.717, 1.165) is 25.7 Å². The average molecular weight is 376 g/mol. The molecule has 21 heavy (non-hydrogen) atoms. The minimum absolute atomic E-state index is 0.0217. The standard InChI is InChI=1S/C15H22BrNO3S/c1-11-14(16)8-12(10-18)9-15(11)21(19,20)17-13-6-4-2-3-5-7-13/h8-9,13,17-18H,2-7,10H2,1H3. The molecule has 4 nitrogen and oxygen atoms in total. The monoisotopic (exact) mass is 375 g/mol. The topological polar surface area (TPSA) is 66.4 Å². The highest BCUT2D eigenvalue weighted by molar-refractivity contribution is 9.10. The fourth-order valence-electron chi connectivity index (χ4n) is 2.76. The lowest BCUT2D eigenvalue weighted by molar-refractivity contribution is 0.281. The molecule has 0 aromatic heterocycles. The summed E-state index contributed by atoms with van der Waals surface area (Å²) in [5, 5.41) is 9.27. The van der Waals surface area contributed by atoms with E-state index < -0.39 is 10.0 Å². The van der Waals surface area contributed by atoms with E-state index in [1.807, 2.05) is 0 Å². The number of hydrogen-bond donors (Lipinski definition) is 2. The van der Waals surface area contributed by atoms with Crippen LogP contribution in [0.5, 0.6) is 0 Å². The summed E-state index contributed by atoms with van der Waals surface area (Å²) in [6, 6.07) is 3.33. The Bertz CT molecular complexity index is 593. The number of nitrogens with one attached hydrogen (secondary N) is 1. The van der Waals surface area contributed by atoms with Crippen LogP contribution in [0.1, 0.15) is 49.7 Å². The van der Waals surface area contributed by atoms with Crippen LogP contribution in [0.25, 0.3) is 0 Å². The third-order valence-electron chi connectivity index (χ3n) is 4.01. The Hall–Kier alpha value is -0.430. The van der Waals surface area contributed by atoms with Crippen molar-refractivity contribution in [1.29, 1.82) is 0 Å². The SMILES string of the molecule is Cc1c(Br)cc(CO)cc1S(=O)(=O)NC1CCCCCC1. The van der Waals surface area contributed by atoms with Gasteiger partial charge in [0, 0.05) is 10.5 Å². The second-order valence-electron chi connectivity index (χ2n) is 5.67. The van der Waals surface area contributed by atoms with E-state index in [9.17, 15) is 13.5 Å². The van der Waals surface area contributed by atoms with Gasteiger partial charge in [0.15, 0.2) is 0 Å². The maximum atomic E-state index is 12.6. The number of aliphatic hydroxyl groups excluding tert-OH is 1. The van der Waals surface area contributed by atoms with Gasteiger partial charge in [-0.2, -0.15) is 0 Å². The zero-order valence-corrected chi connectivity index (χ0v) is 14.6. The predicted molar refractivity (Wildman–Crippen MR) is 86.6 cm³/mol. The molecule has 0 spiro atoms. The molecule has 1 aliphatic carbocycles. The minimum Gasteiger partial charge on any atom is -0.392 e. The summed E-state index contributed by atoms with van der Waals surface area (Å²) < 4.78 is 28.8. The molecule has 1 aromatic rings. The van der Waals surface area contributed by atoms with E-state index in [4.69, 9.17) is 0 Å². The van der Waals surface area contributed by atoms with Gasteiger partial charge in [0.25, 0.3) is 0 Å². The lowest BCUT2D eigenvalue weighted by Gasteiger charge is -2.18. The number of halogens is 1. The molecule has 1 aromatic carbocycles. The summed E-state index contributed by atoms with van der Waals surface area (Å²) in [5.41, 5.74) is 1.27. The number of rotatable bonds is 4. The highest BCUT2D eigenvalue weighted by Gasteiger charge is 2.24. The van der Waals surface area contributed by atoms with Gasteiger partial charge in [0.1, 0.15) is 0 Å². The predicted octanol–water partition coefficient (Wildman–Crippen LogP) is 3.25. The Morgan fingerprint density at radius 2 is 1.86 bits per heavy atom. The zero-order valence-electron chi connectivity index (χ0n) is 12.2. The molecule has 0 saturated heterocycles. The minimum atomic E-state index is -3.55. The van der Waals surface area contributed by atoms with Crippen LogP contribution in [-0.4, -0.2) is 19.6 Å². The summed E-state index contributed by atoms with van der Waals surface area (Å²) in [7, 11) is -3.55. The molecular formula is C15H22BrNO3S. The summed E-state index contributed by atoms with van der Waals surface area (Å²) in [6.07, 6.45) is 6.32. The second kappa shape index (κ2) is 7.22. The van der Waals surface area contributed by atoms with Gasteiger partial charge >= 0.3 is 0 Å². The highest BCUT2D eigenvalue weighted by atomic mass is 79.9. The van der Waals surface area contributed by atoms with E-state index >= 15 is 0 Å². The Morgan fingerprint density at radius 3 is 2.43 bits per heavy atom. The van der Waals surface area contributed by atoms with Gasteiger partial charge in [-0.3, -0.25) is 0 Å². The Morgan fingerprint density at radius 1 is 1.24 bits per heavy atom. The fraction of sp³-hybridized carbons (Fsp3) is 0.600. The second-order valence-corrected chi connectivity index (χ2v) is 8.21. The van der Waals surface area contributed by atoms with E-state index in [2.05, 4.69) is 20.7 Å². The van der Waals surface area contributed by atoms with Gasteiger partial charge in [-0.15, -0.1) is 0 Å². The molecule has 0 radical (unpaired) electrons. The summed E-state index contributed by atoms with van der Waals surface area (Å²) in [5.74, 6) is 0. The summed E-state index contributed by atoms with van der Waals surface area (Å²) in [6.45, 7) is 1.59. The molecule has 1 aliphatic rings. The van der Waals surface area contributed by atoms with Crippen LogP contribution >= 0.6 is 15.9 Å². The Kier molecular flexibility index (Phi) is 5.82. The Balaban J connectivity index is 2.28. The third-order valence-corrected chi connectivity index (χ3v) is 6.48. The largest absolute Gasteiger partial charge is 0.392 e. The molecule has 0 amide bonds. The average Bonchev–Trinajstić information content (AvgIpc) is 2.69. The summed E-state index contributed by atoms with van der Waals surface area (Å²) in [4.78, 5) is 0.255. The van der Waals surface area contributed by atoms with Crippen LogP contribution in [0.15, 0.2) is 21.5 Å². The van der Waals surface area contributed by atoms with Gasteiger partial charge in [-0.25, -0.2) is 13.1 Å². The van der Waals surface area contributed by atoms with Crippen LogP contribution < -0.4 is 4.72 Å². The molecule has 2 N–H and O–H groups in total. The van der Waals surface area contributed by atoms with Gasteiger partial charge in [0.2, 0.25) is 10.0 Å². The lowest BCUT2D eigenvalue weighted by atomic mass is 10.1. The molecule has 0 aliphatic heterocycles. The van der Waals surface area contributed by atoms with Crippen molar-refractivity contribution < 1.29 is 13.5 Å². The third kappa shape index (κ3) is 4.28. The number of aliphatic hydroxyl groups is 1. The highest BCUT2D eigenvalue weighted by Crippen LogP contribution is 2.27. The molecule has 6 heteroatoms.